The minimum absolute atomic E-state index is 0.101. The first-order valence-corrected chi connectivity index (χ1v) is 5.96. The van der Waals surface area contributed by atoms with E-state index >= 15 is 0 Å². The lowest BCUT2D eigenvalue weighted by atomic mass is 9.86. The van der Waals surface area contributed by atoms with Gasteiger partial charge in [0.2, 0.25) is 0 Å². The monoisotopic (exact) mass is 248 g/mol. The second kappa shape index (κ2) is 4.56. The Hall–Kier alpha value is -1.64. The minimum atomic E-state index is -0.695. The number of carbonyl (C=O) groups excluding carboxylic acids is 1. The predicted molar refractivity (Wildman–Crippen MR) is 72.4 cm³/mol. The molecule has 0 aliphatic rings. The highest BCUT2D eigenvalue weighted by Gasteiger charge is 2.28. The third kappa shape index (κ3) is 2.45. The molecule has 0 heterocycles. The standard InChI is InChI=1S/C15H20O3/c1-8-7-11(16)12(14(18)15(4,5)6)13(17)10(3)9(8)2/h7,17H,1-6H3. The Labute approximate surface area is 107 Å². The molecule has 1 N–H and O–H groups in total. The number of aromatic hydroxyl groups is 1. The molecule has 1 aromatic rings. The molecule has 0 saturated carbocycles. The van der Waals surface area contributed by atoms with Gasteiger partial charge in [0.1, 0.15) is 11.3 Å². The van der Waals surface area contributed by atoms with E-state index in [0.29, 0.717) is 5.56 Å². The molecule has 0 unspecified atom stereocenters. The molecule has 0 amide bonds. The van der Waals surface area contributed by atoms with Crippen LogP contribution < -0.4 is 5.43 Å². The summed E-state index contributed by atoms with van der Waals surface area (Å²) in [6.45, 7) is 10.5. The highest BCUT2D eigenvalue weighted by Crippen LogP contribution is 2.28. The van der Waals surface area contributed by atoms with Crippen LogP contribution in [0.15, 0.2) is 10.9 Å². The summed E-state index contributed by atoms with van der Waals surface area (Å²) < 4.78 is 0. The molecule has 3 heteroatoms. The lowest BCUT2D eigenvalue weighted by Gasteiger charge is -2.16. The van der Waals surface area contributed by atoms with Crippen LogP contribution >= 0.6 is 0 Å². The Balaban J connectivity index is 3.79. The van der Waals surface area contributed by atoms with Gasteiger partial charge in [-0.15, -0.1) is 0 Å². The van der Waals surface area contributed by atoms with Crippen molar-refractivity contribution in [2.75, 3.05) is 0 Å². The Morgan fingerprint density at radius 1 is 1.11 bits per heavy atom. The summed E-state index contributed by atoms with van der Waals surface area (Å²) in [4.78, 5) is 24.3. The molecule has 0 bridgehead atoms. The molecule has 0 fully saturated rings. The molecule has 1 aromatic carbocycles. The van der Waals surface area contributed by atoms with Crippen LogP contribution in [-0.2, 0) is 0 Å². The van der Waals surface area contributed by atoms with Crippen LogP contribution in [0.1, 0.15) is 47.8 Å². The minimum Gasteiger partial charge on any atom is -0.507 e. The number of rotatable bonds is 1. The average molecular weight is 248 g/mol. The second-order valence-electron chi connectivity index (χ2n) is 5.74. The zero-order valence-electron chi connectivity index (χ0n) is 11.8. The van der Waals surface area contributed by atoms with Crippen molar-refractivity contribution in [1.29, 1.82) is 0 Å². The van der Waals surface area contributed by atoms with E-state index in [1.54, 1.807) is 34.6 Å². The molecule has 0 aliphatic heterocycles. The van der Waals surface area contributed by atoms with Gasteiger partial charge in [-0.05, 0) is 43.5 Å². The van der Waals surface area contributed by atoms with Crippen LogP contribution in [0.25, 0.3) is 0 Å². The van der Waals surface area contributed by atoms with E-state index in [-0.39, 0.29) is 17.1 Å². The van der Waals surface area contributed by atoms with Gasteiger partial charge in [-0.25, -0.2) is 0 Å². The van der Waals surface area contributed by atoms with Gasteiger partial charge < -0.3 is 5.11 Å². The molecule has 0 radical (unpaired) electrons. The number of Topliss-reactive ketones (excluding diaryl/α,β-unsaturated/α-hetero) is 1. The van der Waals surface area contributed by atoms with Gasteiger partial charge in [-0.3, -0.25) is 9.59 Å². The Morgan fingerprint density at radius 3 is 2.06 bits per heavy atom. The number of aryl methyl sites for hydroxylation is 1. The molecule has 1 rings (SSSR count). The summed E-state index contributed by atoms with van der Waals surface area (Å²) >= 11 is 0. The smallest absolute Gasteiger partial charge is 0.193 e. The molecular weight excluding hydrogens is 228 g/mol. The van der Waals surface area contributed by atoms with Gasteiger partial charge in [0, 0.05) is 5.41 Å². The molecule has 0 spiro atoms. The first-order chi connectivity index (χ1) is 8.07. The van der Waals surface area contributed by atoms with Gasteiger partial charge in [0.25, 0.3) is 0 Å². The lowest BCUT2D eigenvalue weighted by molar-refractivity contribution is 0.0854. The molecule has 0 aliphatic carbocycles. The fraction of sp³-hybridized carbons (Fsp3) is 0.467. The summed E-state index contributed by atoms with van der Waals surface area (Å²) in [5, 5.41) is 10.2. The molecule has 98 valence electrons. The van der Waals surface area contributed by atoms with Gasteiger partial charge >= 0.3 is 0 Å². The topological polar surface area (TPSA) is 54.4 Å². The summed E-state index contributed by atoms with van der Waals surface area (Å²) in [5.41, 5.74) is 0.983. The highest BCUT2D eigenvalue weighted by atomic mass is 16.3. The fourth-order valence-electron chi connectivity index (χ4n) is 1.75. The average Bonchev–Trinajstić information content (AvgIpc) is 2.30. The van der Waals surface area contributed by atoms with Crippen molar-refractivity contribution >= 4 is 5.78 Å². The largest absolute Gasteiger partial charge is 0.507 e. The van der Waals surface area contributed by atoms with Gasteiger partial charge in [0.05, 0.1) is 0 Å². The highest BCUT2D eigenvalue weighted by molar-refractivity contribution is 6.02. The second-order valence-corrected chi connectivity index (χ2v) is 5.74. The van der Waals surface area contributed by atoms with Gasteiger partial charge in [0.15, 0.2) is 11.2 Å². The third-order valence-electron chi connectivity index (χ3n) is 3.25. The van der Waals surface area contributed by atoms with E-state index in [1.165, 1.54) is 6.07 Å². The van der Waals surface area contributed by atoms with Crippen molar-refractivity contribution in [1.82, 2.24) is 0 Å². The zero-order valence-corrected chi connectivity index (χ0v) is 11.8. The van der Waals surface area contributed by atoms with Crippen molar-refractivity contribution in [3.8, 4) is 5.75 Å². The number of hydrogen-bond donors (Lipinski definition) is 1. The first-order valence-electron chi connectivity index (χ1n) is 5.96. The van der Waals surface area contributed by atoms with E-state index < -0.39 is 10.8 Å². The normalized spacial score (nSPS) is 11.4. The SMILES string of the molecule is Cc1cc(=O)c(C(=O)C(C)(C)C)c(O)c(C)c1C. The third-order valence-corrected chi connectivity index (χ3v) is 3.25. The van der Waals surface area contributed by atoms with Gasteiger partial charge in [-0.2, -0.15) is 0 Å². The van der Waals surface area contributed by atoms with Crippen molar-refractivity contribution in [2.24, 2.45) is 5.41 Å². The van der Waals surface area contributed by atoms with Crippen molar-refractivity contribution in [3.63, 3.8) is 0 Å². The molecule has 18 heavy (non-hydrogen) atoms. The van der Waals surface area contributed by atoms with E-state index in [2.05, 4.69) is 0 Å². The maximum absolute atomic E-state index is 12.3. The number of ketones is 1. The number of hydrogen-bond acceptors (Lipinski definition) is 3. The maximum atomic E-state index is 12.3. The molecular formula is C15H20O3. The molecule has 0 aromatic heterocycles. The van der Waals surface area contributed by atoms with Crippen LogP contribution in [0.3, 0.4) is 0 Å². The van der Waals surface area contributed by atoms with Crippen LogP contribution in [0, 0.1) is 26.2 Å². The first kappa shape index (κ1) is 14.4. The fourth-order valence-corrected chi connectivity index (χ4v) is 1.75. The summed E-state index contributed by atoms with van der Waals surface area (Å²) in [6.07, 6.45) is 0. The van der Waals surface area contributed by atoms with Crippen molar-refractivity contribution in [2.45, 2.75) is 41.5 Å². The van der Waals surface area contributed by atoms with Gasteiger partial charge in [-0.1, -0.05) is 20.8 Å². The van der Waals surface area contributed by atoms with Crippen LogP contribution in [-0.4, -0.2) is 10.9 Å². The summed E-state index contributed by atoms with van der Waals surface area (Å²) in [5.74, 6) is -0.520. The van der Waals surface area contributed by atoms with E-state index in [4.69, 9.17) is 0 Å². The maximum Gasteiger partial charge on any atom is 0.193 e. The predicted octanol–water partition coefficient (Wildman–Crippen LogP) is 2.91. The Bertz CT molecular complexity index is 563. The quantitative estimate of drug-likeness (QED) is 0.777. The molecule has 0 atom stereocenters. The Kier molecular flexibility index (Phi) is 3.65. The Morgan fingerprint density at radius 2 is 1.61 bits per heavy atom. The van der Waals surface area contributed by atoms with E-state index in [0.717, 1.165) is 11.1 Å². The van der Waals surface area contributed by atoms with Crippen LogP contribution in [0.5, 0.6) is 5.75 Å². The van der Waals surface area contributed by atoms with E-state index in [9.17, 15) is 14.7 Å². The van der Waals surface area contributed by atoms with Crippen molar-refractivity contribution in [3.05, 3.63) is 38.5 Å². The molecule has 0 saturated heterocycles. The molecule has 3 nitrogen and oxygen atoms in total. The van der Waals surface area contributed by atoms with Crippen LogP contribution in [0.2, 0.25) is 0 Å². The number of carbonyl (C=O) groups is 1. The van der Waals surface area contributed by atoms with Crippen molar-refractivity contribution < 1.29 is 9.90 Å². The lowest BCUT2D eigenvalue weighted by Crippen LogP contribution is -2.25. The zero-order chi connectivity index (χ0) is 14.2. The summed E-state index contributed by atoms with van der Waals surface area (Å²) in [7, 11) is 0. The van der Waals surface area contributed by atoms with Crippen LogP contribution in [0.4, 0.5) is 0 Å². The van der Waals surface area contributed by atoms with E-state index in [1.807, 2.05) is 6.92 Å². The summed E-state index contributed by atoms with van der Waals surface area (Å²) in [6, 6.07) is 1.42.